The monoisotopic (exact) mass is 1880 g/mol. The molecule has 0 saturated carbocycles. The molecule has 3 aromatic heterocycles. The molecule has 0 saturated heterocycles. The van der Waals surface area contributed by atoms with E-state index in [1.807, 2.05) is 34.0 Å². The van der Waals surface area contributed by atoms with Crippen molar-refractivity contribution in [3.05, 3.63) is 510 Å². The van der Waals surface area contributed by atoms with Crippen LogP contribution in [-0.2, 0) is 0 Å². The Hall–Kier alpha value is -17.8. The molecule has 0 spiro atoms. The Bertz CT molecular complexity index is 10700. The Kier molecular flexibility index (Phi) is 19.2. The van der Waals surface area contributed by atoms with Crippen molar-refractivity contribution in [3.8, 4) is 145 Å². The zero-order valence-corrected chi connectivity index (χ0v) is 81.2. The summed E-state index contributed by atoms with van der Waals surface area (Å²) in [6.45, 7) is 0. The normalized spacial score (nSPS) is 12.0. The summed E-state index contributed by atoms with van der Waals surface area (Å²) in [5.41, 5.74) is 31.4. The first-order chi connectivity index (χ1) is 71.9. The quantitative estimate of drug-likeness (QED) is 0.101. The van der Waals surface area contributed by atoms with Crippen LogP contribution in [0.3, 0.4) is 0 Å². The maximum atomic E-state index is 2.54. The summed E-state index contributed by atoms with van der Waals surface area (Å²) in [7, 11) is 0. The fourth-order valence-electron chi connectivity index (χ4n) is 24.3. The molecule has 0 unspecified atom stereocenters. The molecule has 0 bridgehead atoms. The van der Waals surface area contributed by atoms with E-state index in [1.165, 1.54) is 302 Å². The topological polar surface area (TPSA) is 0 Å². The zero-order valence-electron chi connectivity index (χ0n) is 78.7. The molecule has 0 aliphatic carbocycles. The van der Waals surface area contributed by atoms with E-state index in [0.29, 0.717) is 0 Å². The van der Waals surface area contributed by atoms with E-state index >= 15 is 0 Å². The largest absolute Gasteiger partial charge is 0.135 e. The predicted molar refractivity (Wildman–Crippen MR) is 631 cm³/mol. The minimum Gasteiger partial charge on any atom is -0.135 e. The number of fused-ring (bicyclic) bond motifs is 19. The first-order valence-corrected chi connectivity index (χ1v) is 52.5. The van der Waals surface area contributed by atoms with Gasteiger partial charge in [-0.05, 0) is 319 Å². The van der Waals surface area contributed by atoms with E-state index in [9.17, 15) is 0 Å². The third-order valence-electron chi connectivity index (χ3n) is 31.0. The highest BCUT2D eigenvalue weighted by Crippen LogP contribution is 2.56. The van der Waals surface area contributed by atoms with Crippen LogP contribution in [-0.4, -0.2) is 0 Å². The lowest BCUT2D eigenvalue weighted by Gasteiger charge is -2.21. The highest BCUT2D eigenvalue weighted by Gasteiger charge is 2.28. The molecule has 0 nitrogen and oxygen atoms in total. The molecule has 0 atom stereocenters. The van der Waals surface area contributed by atoms with Gasteiger partial charge >= 0.3 is 0 Å². The van der Waals surface area contributed by atoms with Crippen LogP contribution in [0.5, 0.6) is 0 Å². The molecular weight excluding hydrogens is 1800 g/mol. The number of hydrogen-bond acceptors (Lipinski definition) is 3. The molecule has 0 amide bonds. The summed E-state index contributed by atoms with van der Waals surface area (Å²) in [4.78, 5) is 0. The zero-order chi connectivity index (χ0) is 95.0. The summed E-state index contributed by atoms with van der Waals surface area (Å²) < 4.78 is 7.69. The van der Waals surface area contributed by atoms with E-state index in [2.05, 4.69) is 510 Å². The standard InChI is InChI=1S/C142H84S3/c1-3-29-91(30-4-1)134-117-72-65-101(108-44-22-49-121-111-40-17-18-52-131(111)143-140(108)121)82-127(117)135(92-31-5-2-6-32-92)116-70-63-97(80-126(116)134)99-68-75-132-124(78-99)122-50-24-46-110(142(122)144-132)103-67-74-120-129(84-103)137(94-60-56-90(57-61-94)105-43-19-34-87-26-9-12-37-104(87)105)118-71-64-98(81-130(118)139(120)113-48-21-36-89-28-11-14-39-107(89)113)100-69-76-133-125(79-100)123-51-23-45-109(141(123)145-133)102-66-73-119-128(83-102)136(93-58-53-86(54-59-93)96-62-55-85-25-7-8-33-95(85)77-96)114-41-15-16-42-115(114)138(119)112-47-20-35-88-27-10-13-38-106(88)112/h1-84H. The number of rotatable bonds is 13. The molecule has 27 aromatic carbocycles. The van der Waals surface area contributed by atoms with Gasteiger partial charge in [0.25, 0.3) is 0 Å². The average Bonchev–Trinajstić information content (AvgIpc) is 1.45. The van der Waals surface area contributed by atoms with Gasteiger partial charge in [0, 0.05) is 60.5 Å². The third-order valence-corrected chi connectivity index (χ3v) is 34.7. The lowest BCUT2D eigenvalue weighted by Crippen LogP contribution is -1.93. The van der Waals surface area contributed by atoms with Gasteiger partial charge in [-0.15, -0.1) is 34.0 Å². The van der Waals surface area contributed by atoms with Crippen LogP contribution < -0.4 is 0 Å². The van der Waals surface area contributed by atoms with Gasteiger partial charge in [0.1, 0.15) is 0 Å². The van der Waals surface area contributed by atoms with Gasteiger partial charge in [0.15, 0.2) is 0 Å². The van der Waals surface area contributed by atoms with Crippen molar-refractivity contribution in [2.24, 2.45) is 0 Å². The number of hydrogen-bond donors (Lipinski definition) is 0. The Labute approximate surface area is 849 Å². The van der Waals surface area contributed by atoms with E-state index in [1.54, 1.807) is 0 Å². The number of thiophene rings is 3. The lowest BCUT2D eigenvalue weighted by atomic mass is 9.82. The van der Waals surface area contributed by atoms with E-state index in [0.717, 1.165) is 11.1 Å². The summed E-state index contributed by atoms with van der Waals surface area (Å²) in [5, 5.41) is 32.1. The van der Waals surface area contributed by atoms with Gasteiger partial charge in [-0.3, -0.25) is 0 Å². The van der Waals surface area contributed by atoms with Crippen LogP contribution in [0.2, 0.25) is 0 Å². The lowest BCUT2D eigenvalue weighted by molar-refractivity contribution is 1.63. The van der Waals surface area contributed by atoms with Crippen LogP contribution in [0.15, 0.2) is 510 Å². The second kappa shape index (κ2) is 33.4. The molecular formula is C142H84S3. The summed E-state index contributed by atoms with van der Waals surface area (Å²) in [6, 6.07) is 193. The van der Waals surface area contributed by atoms with Crippen molar-refractivity contribution in [2.75, 3.05) is 0 Å². The molecule has 0 fully saturated rings. The van der Waals surface area contributed by atoms with Gasteiger partial charge in [0.05, 0.1) is 0 Å². The van der Waals surface area contributed by atoms with Gasteiger partial charge < -0.3 is 0 Å². The van der Waals surface area contributed by atoms with Crippen LogP contribution in [0.4, 0.5) is 0 Å². The first kappa shape index (κ1) is 83.0. The van der Waals surface area contributed by atoms with E-state index in [4.69, 9.17) is 0 Å². The van der Waals surface area contributed by atoms with Crippen molar-refractivity contribution in [3.63, 3.8) is 0 Å². The SMILES string of the molecule is c1ccc(-c2c3ccc(-c4cccc5c4sc4ccccc45)cc3c(-c3ccccc3)c3ccc(-c4ccc5sc6c(-c7ccc8c(-c9cccc%10ccccc9%10)c9cc(-c%10ccc%11sc%12c(-c%13ccc%14c(-c%15cccc%16ccccc%15%16)c%15ccccc%15c(-c%15ccc(-c%16ccc%17ccccc%17c%16)cc%15)c%14c%13)cccc%12c%11c%10)ccc9c(-c9ccc(-c%10cccc%11ccccc%10%11)cc9)c8c7)cccc6c5c4)cc23)cc1. The molecule has 0 N–H and O–H groups in total. The van der Waals surface area contributed by atoms with Crippen LogP contribution >= 0.6 is 34.0 Å². The van der Waals surface area contributed by atoms with Gasteiger partial charge in [0.2, 0.25) is 0 Å². The molecule has 3 heterocycles. The minimum atomic E-state index is 1.16. The second-order valence-corrected chi connectivity index (χ2v) is 42.1. The fourth-order valence-corrected chi connectivity index (χ4v) is 28.0. The Balaban J connectivity index is 0.570. The highest BCUT2D eigenvalue weighted by atomic mass is 32.1. The smallest absolute Gasteiger partial charge is 0.0433 e. The molecule has 145 heavy (non-hydrogen) atoms. The van der Waals surface area contributed by atoms with Crippen molar-refractivity contribution < 1.29 is 0 Å². The molecule has 670 valence electrons. The molecule has 0 radical (unpaired) electrons. The summed E-state index contributed by atoms with van der Waals surface area (Å²) in [6.07, 6.45) is 0. The second-order valence-electron chi connectivity index (χ2n) is 38.9. The van der Waals surface area contributed by atoms with Crippen LogP contribution in [0.25, 0.3) is 313 Å². The van der Waals surface area contributed by atoms with Crippen molar-refractivity contribution in [1.29, 1.82) is 0 Å². The Morgan fingerprint density at radius 2 is 0.345 bits per heavy atom. The number of benzene rings is 27. The van der Waals surface area contributed by atoms with Crippen molar-refractivity contribution in [1.82, 2.24) is 0 Å². The van der Waals surface area contributed by atoms with Crippen LogP contribution in [0.1, 0.15) is 0 Å². The fraction of sp³-hybridized carbons (Fsp3) is 0. The average molecular weight is 1890 g/mol. The maximum absolute atomic E-state index is 2.54. The molecule has 30 rings (SSSR count). The van der Waals surface area contributed by atoms with E-state index in [-0.39, 0.29) is 0 Å². The van der Waals surface area contributed by atoms with Crippen molar-refractivity contribution >= 4 is 202 Å². The minimum absolute atomic E-state index is 1.16. The van der Waals surface area contributed by atoms with Crippen LogP contribution in [0, 0.1) is 0 Å². The van der Waals surface area contributed by atoms with Crippen molar-refractivity contribution in [2.45, 2.75) is 0 Å². The Morgan fingerprint density at radius 3 is 0.800 bits per heavy atom. The molecule has 0 aliphatic rings. The predicted octanol–water partition coefficient (Wildman–Crippen LogP) is 42.0. The van der Waals surface area contributed by atoms with Gasteiger partial charge in [-0.2, -0.15) is 0 Å². The molecule has 0 aliphatic heterocycles. The van der Waals surface area contributed by atoms with Gasteiger partial charge in [-0.1, -0.05) is 443 Å². The molecule has 3 heteroatoms. The maximum Gasteiger partial charge on any atom is 0.0433 e. The third kappa shape index (κ3) is 13.5. The summed E-state index contributed by atoms with van der Waals surface area (Å²) >= 11 is 5.70. The van der Waals surface area contributed by atoms with Gasteiger partial charge in [-0.25, -0.2) is 0 Å². The Morgan fingerprint density at radius 1 is 0.0966 bits per heavy atom. The molecule has 30 aromatic rings. The summed E-state index contributed by atoms with van der Waals surface area (Å²) in [5.74, 6) is 0. The van der Waals surface area contributed by atoms with E-state index < -0.39 is 0 Å². The first-order valence-electron chi connectivity index (χ1n) is 50.0. The highest BCUT2D eigenvalue weighted by molar-refractivity contribution is 7.27.